The van der Waals surface area contributed by atoms with E-state index in [0.717, 1.165) is 11.1 Å². The van der Waals surface area contributed by atoms with Gasteiger partial charge in [-0.2, -0.15) is 8.42 Å². The minimum atomic E-state index is -4.40. The molecule has 0 atom stereocenters. The number of hydrogen-bond acceptors (Lipinski definition) is 5. The van der Waals surface area contributed by atoms with Crippen LogP contribution >= 0.6 is 0 Å². The monoisotopic (exact) mass is 363 g/mol. The van der Waals surface area contributed by atoms with E-state index in [1.807, 2.05) is 20.8 Å². The second kappa shape index (κ2) is 7.25. The normalized spacial score (nSPS) is 12.1. The molecule has 2 rings (SSSR count). The van der Waals surface area contributed by atoms with Gasteiger partial charge in [-0.1, -0.05) is 13.8 Å². The van der Waals surface area contributed by atoms with Gasteiger partial charge >= 0.3 is 0 Å². The summed E-state index contributed by atoms with van der Waals surface area (Å²) < 4.78 is 37.2. The summed E-state index contributed by atoms with van der Waals surface area (Å²) in [5, 5.41) is 9.99. The molecule has 7 heteroatoms. The maximum Gasteiger partial charge on any atom is 0.298 e. The highest BCUT2D eigenvalue weighted by Gasteiger charge is 2.16. The Morgan fingerprint density at radius 1 is 1.20 bits per heavy atom. The van der Waals surface area contributed by atoms with Gasteiger partial charge in [0.1, 0.15) is 16.4 Å². The van der Waals surface area contributed by atoms with Crippen molar-refractivity contribution >= 4 is 22.0 Å². The summed E-state index contributed by atoms with van der Waals surface area (Å²) in [6.45, 7) is 5.77. The molecule has 25 heavy (non-hydrogen) atoms. The van der Waals surface area contributed by atoms with Crippen molar-refractivity contribution in [3.8, 4) is 11.5 Å². The Balaban J connectivity index is 2.45. The number of ether oxygens (including phenoxy) is 1. The van der Waals surface area contributed by atoms with Gasteiger partial charge in [0, 0.05) is 6.21 Å². The smallest absolute Gasteiger partial charge is 0.298 e. The quantitative estimate of drug-likeness (QED) is 0.622. The molecule has 134 valence electrons. The number of benzene rings is 2. The molecule has 0 saturated carbocycles. The molecule has 2 aromatic carbocycles. The van der Waals surface area contributed by atoms with Crippen molar-refractivity contribution in [1.82, 2.24) is 0 Å². The summed E-state index contributed by atoms with van der Waals surface area (Å²) in [7, 11) is -3.08. The highest BCUT2D eigenvalue weighted by atomic mass is 32.2. The first-order valence-electron chi connectivity index (χ1n) is 7.66. The average Bonchev–Trinajstić information content (AvgIpc) is 2.52. The molecule has 0 fully saturated rings. The first-order valence-corrected chi connectivity index (χ1v) is 9.10. The summed E-state index contributed by atoms with van der Waals surface area (Å²) in [4.78, 5) is 4.07. The molecule has 2 aromatic rings. The molecule has 2 N–H and O–H groups in total. The molecule has 0 aliphatic heterocycles. The van der Waals surface area contributed by atoms with Gasteiger partial charge in [-0.25, -0.2) is 0 Å². The summed E-state index contributed by atoms with van der Waals surface area (Å²) in [5.74, 6) is 0.425. The van der Waals surface area contributed by atoms with Crippen molar-refractivity contribution in [1.29, 1.82) is 0 Å². The number of aromatic hydroxyl groups is 1. The van der Waals surface area contributed by atoms with Gasteiger partial charge in [0.2, 0.25) is 0 Å². The lowest BCUT2D eigenvalue weighted by atomic mass is 9.99. The predicted molar refractivity (Wildman–Crippen MR) is 97.0 cm³/mol. The lowest BCUT2D eigenvalue weighted by Crippen LogP contribution is -2.02. The maximum atomic E-state index is 11.5. The number of rotatable bonds is 5. The van der Waals surface area contributed by atoms with Crippen LogP contribution in [-0.2, 0) is 10.1 Å². The van der Waals surface area contributed by atoms with Crippen LogP contribution in [0, 0.1) is 6.92 Å². The van der Waals surface area contributed by atoms with E-state index in [4.69, 9.17) is 4.74 Å². The number of phenols is 1. The largest absolute Gasteiger partial charge is 0.508 e. The van der Waals surface area contributed by atoms with Crippen LogP contribution in [0.25, 0.3) is 0 Å². The molecule has 0 radical (unpaired) electrons. The molecular formula is C18H21NO5S. The molecule has 0 aromatic heterocycles. The van der Waals surface area contributed by atoms with E-state index in [1.165, 1.54) is 25.5 Å². The highest BCUT2D eigenvalue weighted by Crippen LogP contribution is 2.32. The van der Waals surface area contributed by atoms with Crippen LogP contribution in [0.2, 0.25) is 0 Å². The first-order chi connectivity index (χ1) is 11.6. The number of phenolic OH excluding ortho intramolecular Hbond substituents is 1. The van der Waals surface area contributed by atoms with E-state index >= 15 is 0 Å². The molecule has 0 heterocycles. The lowest BCUT2D eigenvalue weighted by Gasteiger charge is -2.11. The third-order valence-corrected chi connectivity index (χ3v) is 4.66. The number of methoxy groups -OCH3 is 1. The van der Waals surface area contributed by atoms with Crippen molar-refractivity contribution in [3.05, 3.63) is 47.0 Å². The molecule has 0 aliphatic carbocycles. The van der Waals surface area contributed by atoms with Gasteiger partial charge < -0.3 is 9.84 Å². The van der Waals surface area contributed by atoms with Crippen LogP contribution in [0.4, 0.5) is 5.69 Å². The molecule has 0 aliphatic rings. The summed E-state index contributed by atoms with van der Waals surface area (Å²) in [6, 6.07) is 7.83. The molecule has 0 bridgehead atoms. The standard InChI is InChI=1S/C18H21NO5S/c1-11(2)14-9-15(12(3)7-16(14)20)19-10-13-5-6-17(24-4)18(8-13)25(21,22)23/h5-11,20H,1-4H3,(H,21,22,23). The van der Waals surface area contributed by atoms with Crippen LogP contribution in [-0.4, -0.2) is 31.4 Å². The van der Waals surface area contributed by atoms with Crippen LogP contribution in [0.3, 0.4) is 0 Å². The molecule has 0 spiro atoms. The number of aryl methyl sites for hydroxylation is 1. The van der Waals surface area contributed by atoms with Crippen LogP contribution in [0.15, 0.2) is 40.2 Å². The Kier molecular flexibility index (Phi) is 5.49. The summed E-state index contributed by atoms with van der Waals surface area (Å²) in [6.07, 6.45) is 1.50. The van der Waals surface area contributed by atoms with Gasteiger partial charge in [-0.3, -0.25) is 9.55 Å². The average molecular weight is 363 g/mol. The zero-order valence-corrected chi connectivity index (χ0v) is 15.3. The van der Waals surface area contributed by atoms with E-state index < -0.39 is 10.1 Å². The van der Waals surface area contributed by atoms with Crippen LogP contribution in [0.1, 0.15) is 36.5 Å². The van der Waals surface area contributed by atoms with Gasteiger partial charge in [-0.05, 0) is 59.9 Å². The summed E-state index contributed by atoms with van der Waals surface area (Å²) >= 11 is 0. The van der Waals surface area contributed by atoms with E-state index in [1.54, 1.807) is 18.2 Å². The van der Waals surface area contributed by atoms with Crippen LogP contribution < -0.4 is 4.74 Å². The lowest BCUT2D eigenvalue weighted by molar-refractivity contribution is 0.397. The van der Waals surface area contributed by atoms with E-state index in [0.29, 0.717) is 11.3 Å². The number of hydrogen-bond donors (Lipinski definition) is 2. The number of nitrogens with zero attached hydrogens (tertiary/aromatic N) is 1. The Labute approximate surface area is 147 Å². The zero-order valence-electron chi connectivity index (χ0n) is 14.5. The van der Waals surface area contributed by atoms with E-state index in [-0.39, 0.29) is 22.3 Å². The summed E-state index contributed by atoms with van der Waals surface area (Å²) in [5.41, 5.74) is 2.74. The zero-order chi connectivity index (χ0) is 18.8. The van der Waals surface area contributed by atoms with Gasteiger partial charge in [0.15, 0.2) is 0 Å². The van der Waals surface area contributed by atoms with Gasteiger partial charge in [0.05, 0.1) is 12.8 Å². The SMILES string of the molecule is COc1ccc(C=Nc2cc(C(C)C)c(O)cc2C)cc1S(=O)(=O)O. The minimum absolute atomic E-state index is 0.0579. The van der Waals surface area contributed by atoms with Crippen molar-refractivity contribution in [3.63, 3.8) is 0 Å². The van der Waals surface area contributed by atoms with Crippen LogP contribution in [0.5, 0.6) is 11.5 Å². The van der Waals surface area contributed by atoms with E-state index in [2.05, 4.69) is 4.99 Å². The second-order valence-corrected chi connectivity index (χ2v) is 7.39. The van der Waals surface area contributed by atoms with Crippen molar-refractivity contribution in [2.75, 3.05) is 7.11 Å². The van der Waals surface area contributed by atoms with E-state index in [9.17, 15) is 18.1 Å². The topological polar surface area (TPSA) is 96.2 Å². The second-order valence-electron chi connectivity index (χ2n) is 6.00. The van der Waals surface area contributed by atoms with Gasteiger partial charge in [0.25, 0.3) is 10.1 Å². The van der Waals surface area contributed by atoms with Crippen molar-refractivity contribution in [2.45, 2.75) is 31.6 Å². The molecule has 0 unspecified atom stereocenters. The third-order valence-electron chi connectivity index (χ3n) is 3.79. The predicted octanol–water partition coefficient (Wildman–Crippen LogP) is 3.83. The Bertz CT molecular complexity index is 917. The number of aliphatic imine (C=N–C) groups is 1. The molecule has 0 saturated heterocycles. The molecule has 6 nitrogen and oxygen atoms in total. The Morgan fingerprint density at radius 3 is 2.44 bits per heavy atom. The van der Waals surface area contributed by atoms with Crippen molar-refractivity contribution in [2.24, 2.45) is 4.99 Å². The Morgan fingerprint density at radius 2 is 1.88 bits per heavy atom. The fourth-order valence-electron chi connectivity index (χ4n) is 2.42. The highest BCUT2D eigenvalue weighted by molar-refractivity contribution is 7.86. The molecule has 0 amide bonds. The third kappa shape index (κ3) is 4.37. The maximum absolute atomic E-state index is 11.5. The first kappa shape index (κ1) is 19.0. The fraction of sp³-hybridized carbons (Fsp3) is 0.278. The van der Waals surface area contributed by atoms with Gasteiger partial charge in [-0.15, -0.1) is 0 Å². The fourth-order valence-corrected chi connectivity index (χ4v) is 3.11. The van der Waals surface area contributed by atoms with Crippen molar-refractivity contribution < 1.29 is 22.8 Å². The molecular weight excluding hydrogens is 342 g/mol. The minimum Gasteiger partial charge on any atom is -0.508 e. The Hall–Kier alpha value is -2.38.